The molecule has 33 heavy (non-hydrogen) atoms. The number of hydrogen-bond acceptors (Lipinski definition) is 4. The Bertz CT molecular complexity index is 1050. The molecule has 3 aromatic rings. The summed E-state index contributed by atoms with van der Waals surface area (Å²) >= 11 is 0. The SMILES string of the molecule is CCCN(CCC)CCCOc1ccc(C2c3[nH]c4ccc(O)cc4c3CCN2C=O)cc1. The molecule has 1 amide bonds. The highest BCUT2D eigenvalue weighted by Gasteiger charge is 2.31. The van der Waals surface area contributed by atoms with Crippen molar-refractivity contribution in [2.45, 2.75) is 45.6 Å². The molecule has 0 aliphatic carbocycles. The van der Waals surface area contributed by atoms with Crippen molar-refractivity contribution in [3.05, 3.63) is 59.3 Å². The van der Waals surface area contributed by atoms with Gasteiger partial charge in [-0.15, -0.1) is 0 Å². The van der Waals surface area contributed by atoms with Crippen LogP contribution in [0.4, 0.5) is 0 Å². The first-order valence-electron chi connectivity index (χ1n) is 12.1. The van der Waals surface area contributed by atoms with E-state index in [1.165, 1.54) is 18.4 Å². The zero-order chi connectivity index (χ0) is 23.2. The maximum absolute atomic E-state index is 11.9. The summed E-state index contributed by atoms with van der Waals surface area (Å²) in [6.07, 6.45) is 5.07. The fourth-order valence-electron chi connectivity index (χ4n) is 4.96. The molecule has 6 heteroatoms. The summed E-state index contributed by atoms with van der Waals surface area (Å²) in [7, 11) is 0. The van der Waals surface area contributed by atoms with Crippen molar-refractivity contribution < 1.29 is 14.6 Å². The molecule has 1 aromatic heterocycles. The lowest BCUT2D eigenvalue weighted by Crippen LogP contribution is -2.34. The van der Waals surface area contributed by atoms with Gasteiger partial charge in [0.2, 0.25) is 6.41 Å². The lowest BCUT2D eigenvalue weighted by atomic mass is 9.93. The predicted molar refractivity (Wildman–Crippen MR) is 132 cm³/mol. The van der Waals surface area contributed by atoms with Gasteiger partial charge in [-0.2, -0.15) is 0 Å². The third-order valence-electron chi connectivity index (χ3n) is 6.45. The van der Waals surface area contributed by atoms with Crippen LogP contribution in [-0.2, 0) is 11.2 Å². The number of H-pyrrole nitrogens is 1. The molecule has 0 spiro atoms. The fourth-order valence-corrected chi connectivity index (χ4v) is 4.96. The third kappa shape index (κ3) is 5.17. The number of carbonyl (C=O) groups is 1. The second-order valence-electron chi connectivity index (χ2n) is 8.86. The number of aromatic hydroxyl groups is 1. The molecule has 0 radical (unpaired) electrons. The summed E-state index contributed by atoms with van der Waals surface area (Å²) < 4.78 is 5.99. The van der Waals surface area contributed by atoms with Gasteiger partial charge in [-0.25, -0.2) is 0 Å². The molecular weight excluding hydrogens is 414 g/mol. The van der Waals surface area contributed by atoms with Crippen LogP contribution in [-0.4, -0.2) is 59.1 Å². The Morgan fingerprint density at radius 3 is 2.58 bits per heavy atom. The number of aromatic nitrogens is 1. The number of nitrogens with one attached hydrogen (secondary N) is 1. The van der Waals surface area contributed by atoms with E-state index in [4.69, 9.17) is 4.74 Å². The normalized spacial score (nSPS) is 15.7. The maximum Gasteiger partial charge on any atom is 0.210 e. The zero-order valence-corrected chi connectivity index (χ0v) is 19.7. The number of carbonyl (C=O) groups excluding carboxylic acids is 1. The van der Waals surface area contributed by atoms with Crippen LogP contribution in [0.2, 0.25) is 0 Å². The molecule has 0 saturated carbocycles. The van der Waals surface area contributed by atoms with Crippen LogP contribution in [0.1, 0.15) is 56.0 Å². The summed E-state index contributed by atoms with van der Waals surface area (Å²) in [6, 6.07) is 13.3. The Labute approximate surface area is 196 Å². The smallest absolute Gasteiger partial charge is 0.210 e. The first-order valence-corrected chi connectivity index (χ1v) is 12.1. The van der Waals surface area contributed by atoms with Gasteiger partial charge in [0, 0.05) is 29.7 Å². The van der Waals surface area contributed by atoms with E-state index < -0.39 is 0 Å². The van der Waals surface area contributed by atoms with Crippen molar-refractivity contribution in [1.29, 1.82) is 0 Å². The van der Waals surface area contributed by atoms with E-state index in [1.807, 2.05) is 23.1 Å². The number of phenols is 1. The number of fused-ring (bicyclic) bond motifs is 3. The second kappa shape index (κ2) is 10.8. The van der Waals surface area contributed by atoms with Gasteiger partial charge in [0.15, 0.2) is 0 Å². The van der Waals surface area contributed by atoms with Gasteiger partial charge >= 0.3 is 0 Å². The minimum atomic E-state index is -0.175. The molecule has 1 unspecified atom stereocenters. The topological polar surface area (TPSA) is 68.8 Å². The number of benzene rings is 2. The highest BCUT2D eigenvalue weighted by atomic mass is 16.5. The van der Waals surface area contributed by atoms with Gasteiger partial charge in [0.1, 0.15) is 11.5 Å². The molecule has 4 rings (SSSR count). The predicted octanol–water partition coefficient (Wildman–Crippen LogP) is 4.87. The summed E-state index contributed by atoms with van der Waals surface area (Å²) in [5.74, 6) is 1.11. The molecule has 0 bridgehead atoms. The lowest BCUT2D eigenvalue weighted by Gasteiger charge is -2.33. The van der Waals surface area contributed by atoms with Crippen molar-refractivity contribution in [1.82, 2.24) is 14.8 Å². The Morgan fingerprint density at radius 2 is 1.88 bits per heavy atom. The Balaban J connectivity index is 1.46. The Hall–Kier alpha value is -2.99. The number of amides is 1. The zero-order valence-electron chi connectivity index (χ0n) is 19.7. The molecule has 1 aliphatic rings. The van der Waals surface area contributed by atoms with Gasteiger partial charge in [-0.1, -0.05) is 26.0 Å². The number of phenolic OH excluding ortho intramolecular Hbond substituents is 1. The number of ether oxygens (including phenoxy) is 1. The molecule has 0 fully saturated rings. The Morgan fingerprint density at radius 1 is 1.12 bits per heavy atom. The number of rotatable bonds is 11. The van der Waals surface area contributed by atoms with E-state index in [2.05, 4.69) is 35.9 Å². The number of nitrogens with zero attached hydrogens (tertiary/aromatic N) is 2. The monoisotopic (exact) mass is 449 g/mol. The molecular formula is C27H35N3O3. The highest BCUT2D eigenvalue weighted by Crippen LogP contribution is 2.38. The third-order valence-corrected chi connectivity index (χ3v) is 6.45. The van der Waals surface area contributed by atoms with Crippen LogP contribution >= 0.6 is 0 Å². The first-order chi connectivity index (χ1) is 16.1. The van der Waals surface area contributed by atoms with Crippen LogP contribution in [0, 0.1) is 0 Å². The fraction of sp³-hybridized carbons (Fsp3) is 0.444. The molecule has 2 heterocycles. The van der Waals surface area contributed by atoms with Crippen LogP contribution in [0.15, 0.2) is 42.5 Å². The Kier molecular flexibility index (Phi) is 7.55. The largest absolute Gasteiger partial charge is 0.508 e. The van der Waals surface area contributed by atoms with E-state index in [9.17, 15) is 9.90 Å². The number of hydrogen-bond donors (Lipinski definition) is 2. The molecule has 6 nitrogen and oxygen atoms in total. The first kappa shape index (κ1) is 23.2. The van der Waals surface area contributed by atoms with Crippen molar-refractivity contribution in [3.8, 4) is 11.5 Å². The minimum Gasteiger partial charge on any atom is -0.508 e. The molecule has 2 aromatic carbocycles. The van der Waals surface area contributed by atoms with Gasteiger partial charge in [0.05, 0.1) is 12.6 Å². The average Bonchev–Trinajstić information content (AvgIpc) is 3.19. The minimum absolute atomic E-state index is 0.175. The molecule has 1 atom stereocenters. The molecule has 2 N–H and O–H groups in total. The van der Waals surface area contributed by atoms with Gasteiger partial charge in [-0.3, -0.25) is 4.79 Å². The van der Waals surface area contributed by atoms with Gasteiger partial charge in [-0.05, 0) is 80.2 Å². The highest BCUT2D eigenvalue weighted by molar-refractivity contribution is 5.87. The summed E-state index contributed by atoms with van der Waals surface area (Å²) in [4.78, 5) is 19.7. The van der Waals surface area contributed by atoms with Crippen LogP contribution in [0.25, 0.3) is 10.9 Å². The maximum atomic E-state index is 11.9. The molecule has 0 saturated heterocycles. The quantitative estimate of drug-likeness (QED) is 0.324. The summed E-state index contributed by atoms with van der Waals surface area (Å²) in [5, 5.41) is 11.0. The van der Waals surface area contributed by atoms with E-state index in [1.54, 1.807) is 12.1 Å². The van der Waals surface area contributed by atoms with Crippen molar-refractivity contribution in [3.63, 3.8) is 0 Å². The summed E-state index contributed by atoms with van der Waals surface area (Å²) in [6.45, 7) is 9.15. The molecule has 1 aliphatic heterocycles. The van der Waals surface area contributed by atoms with Gasteiger partial charge < -0.3 is 24.6 Å². The van der Waals surface area contributed by atoms with Crippen LogP contribution in [0.5, 0.6) is 11.5 Å². The van der Waals surface area contributed by atoms with Crippen molar-refractivity contribution >= 4 is 17.3 Å². The second-order valence-corrected chi connectivity index (χ2v) is 8.86. The van der Waals surface area contributed by atoms with E-state index in [0.29, 0.717) is 13.2 Å². The van der Waals surface area contributed by atoms with E-state index in [-0.39, 0.29) is 11.8 Å². The van der Waals surface area contributed by atoms with Crippen LogP contribution < -0.4 is 4.74 Å². The average molecular weight is 450 g/mol. The van der Waals surface area contributed by atoms with E-state index in [0.717, 1.165) is 66.8 Å². The molecule has 176 valence electrons. The van der Waals surface area contributed by atoms with Crippen LogP contribution in [0.3, 0.4) is 0 Å². The van der Waals surface area contributed by atoms with Crippen molar-refractivity contribution in [2.75, 3.05) is 32.8 Å². The lowest BCUT2D eigenvalue weighted by molar-refractivity contribution is -0.120. The number of aromatic amines is 1. The summed E-state index contributed by atoms with van der Waals surface area (Å²) in [5.41, 5.74) is 4.22. The van der Waals surface area contributed by atoms with Crippen molar-refractivity contribution in [2.24, 2.45) is 0 Å². The standard InChI is InChI=1S/C27H35N3O3/c1-3-13-29(14-4-2)15-5-17-33-22-9-6-20(7-10-22)27-26-23(12-16-30(27)19-31)24-18-21(32)8-11-25(24)28-26/h6-11,18-19,27-28,32H,3-5,12-17H2,1-2H3. The van der Waals surface area contributed by atoms with Gasteiger partial charge in [0.25, 0.3) is 0 Å². The van der Waals surface area contributed by atoms with E-state index >= 15 is 0 Å².